The number of aromatic nitrogens is 2. The minimum atomic E-state index is 0.0283. The second-order valence-electron chi connectivity index (χ2n) is 9.50. The zero-order chi connectivity index (χ0) is 22.5. The summed E-state index contributed by atoms with van der Waals surface area (Å²) >= 11 is 0. The average Bonchev–Trinajstić information content (AvgIpc) is 3.58. The highest BCUT2D eigenvalue weighted by atomic mass is 16.2. The Morgan fingerprint density at radius 2 is 1.67 bits per heavy atom. The second kappa shape index (κ2) is 7.87. The van der Waals surface area contributed by atoms with Crippen LogP contribution in [0.3, 0.4) is 0 Å². The molecule has 0 bridgehead atoms. The summed E-state index contributed by atoms with van der Waals surface area (Å²) in [6.45, 7) is 3.35. The number of piperidine rings is 1. The lowest BCUT2D eigenvalue weighted by Gasteiger charge is -2.40. The molecule has 3 aliphatic rings. The molecule has 2 atom stereocenters. The number of rotatable bonds is 4. The predicted octanol–water partition coefficient (Wildman–Crippen LogP) is 4.39. The summed E-state index contributed by atoms with van der Waals surface area (Å²) in [7, 11) is 0. The standard InChI is InChI=1S/C27H28N4O2/c1-18-23-24(19-14-15-19)30(27(33)25(23)31(28-18)21-11-6-3-7-12-21)22-13-8-16-29(17-22)26(32)20-9-4-2-5-10-20/h2-7,9-12,19,22,24H,8,13-17H2,1H3. The molecule has 6 nitrogen and oxygen atoms in total. The fraction of sp³-hybridized carbons (Fsp3) is 0.370. The van der Waals surface area contributed by atoms with Gasteiger partial charge in [0.2, 0.25) is 0 Å². The van der Waals surface area contributed by atoms with Gasteiger partial charge < -0.3 is 9.80 Å². The minimum Gasteiger partial charge on any atom is -0.337 e. The summed E-state index contributed by atoms with van der Waals surface area (Å²) in [5.74, 6) is 0.604. The molecular formula is C27H28N4O2. The van der Waals surface area contributed by atoms with Crippen LogP contribution in [-0.4, -0.2) is 50.5 Å². The maximum atomic E-state index is 14.0. The lowest BCUT2D eigenvalue weighted by molar-refractivity contribution is 0.0375. The molecular weight excluding hydrogens is 412 g/mol. The van der Waals surface area contributed by atoms with Crippen LogP contribution in [0.2, 0.25) is 0 Å². The molecule has 2 aromatic carbocycles. The van der Waals surface area contributed by atoms with Crippen LogP contribution in [0, 0.1) is 12.8 Å². The van der Waals surface area contributed by atoms with E-state index in [9.17, 15) is 9.59 Å². The van der Waals surface area contributed by atoms with E-state index in [-0.39, 0.29) is 23.9 Å². The largest absolute Gasteiger partial charge is 0.337 e. The highest BCUT2D eigenvalue weighted by Gasteiger charge is 2.51. The van der Waals surface area contributed by atoms with Gasteiger partial charge in [0.1, 0.15) is 5.69 Å². The Kier molecular flexibility index (Phi) is 4.82. The summed E-state index contributed by atoms with van der Waals surface area (Å²) < 4.78 is 1.83. The van der Waals surface area contributed by atoms with Crippen LogP contribution in [0.4, 0.5) is 0 Å². The highest BCUT2D eigenvalue weighted by Crippen LogP contribution is 2.52. The van der Waals surface area contributed by atoms with E-state index < -0.39 is 0 Å². The molecule has 6 heteroatoms. The summed E-state index contributed by atoms with van der Waals surface area (Å²) in [6, 6.07) is 19.5. The molecule has 2 amide bonds. The smallest absolute Gasteiger partial charge is 0.273 e. The number of para-hydroxylation sites is 1. The lowest BCUT2D eigenvalue weighted by atomic mass is 9.98. The van der Waals surface area contributed by atoms with Crippen LogP contribution in [-0.2, 0) is 0 Å². The zero-order valence-corrected chi connectivity index (χ0v) is 18.9. The van der Waals surface area contributed by atoms with Crippen molar-refractivity contribution in [3.8, 4) is 5.69 Å². The summed E-state index contributed by atoms with van der Waals surface area (Å²) in [5, 5.41) is 4.78. The number of nitrogens with zero attached hydrogens (tertiary/aromatic N) is 4. The Morgan fingerprint density at radius 1 is 0.970 bits per heavy atom. The number of benzene rings is 2. The van der Waals surface area contributed by atoms with Crippen molar-refractivity contribution < 1.29 is 9.59 Å². The first-order chi connectivity index (χ1) is 16.1. The van der Waals surface area contributed by atoms with Gasteiger partial charge in [-0.1, -0.05) is 36.4 Å². The Bertz CT molecular complexity index is 1200. The fourth-order valence-electron chi connectivity index (χ4n) is 5.64. The Labute approximate surface area is 193 Å². The van der Waals surface area contributed by atoms with E-state index in [1.165, 1.54) is 0 Å². The third-order valence-corrected chi connectivity index (χ3v) is 7.31. The van der Waals surface area contributed by atoms with Gasteiger partial charge in [0.15, 0.2) is 0 Å². The molecule has 1 saturated carbocycles. The van der Waals surface area contributed by atoms with Crippen LogP contribution in [0.5, 0.6) is 0 Å². The van der Waals surface area contributed by atoms with Crippen molar-refractivity contribution in [3.05, 3.63) is 83.2 Å². The molecule has 168 valence electrons. The van der Waals surface area contributed by atoms with E-state index in [2.05, 4.69) is 4.90 Å². The summed E-state index contributed by atoms with van der Waals surface area (Å²) in [5.41, 5.74) is 4.37. The molecule has 0 N–H and O–H groups in total. The third kappa shape index (κ3) is 3.36. The lowest BCUT2D eigenvalue weighted by Crippen LogP contribution is -2.51. The zero-order valence-electron chi connectivity index (χ0n) is 18.9. The number of carbonyl (C=O) groups excluding carboxylic acids is 2. The van der Waals surface area contributed by atoms with Crippen LogP contribution in [0.25, 0.3) is 5.69 Å². The monoisotopic (exact) mass is 440 g/mol. The van der Waals surface area contributed by atoms with Gasteiger partial charge in [0.05, 0.1) is 23.5 Å². The molecule has 1 aromatic heterocycles. The van der Waals surface area contributed by atoms with E-state index in [1.807, 2.05) is 77.2 Å². The van der Waals surface area contributed by atoms with Gasteiger partial charge in [-0.25, -0.2) is 4.68 Å². The molecule has 2 unspecified atom stereocenters. The Balaban J connectivity index is 1.34. The minimum absolute atomic E-state index is 0.0283. The van der Waals surface area contributed by atoms with Gasteiger partial charge in [0, 0.05) is 24.2 Å². The van der Waals surface area contributed by atoms with Crippen molar-refractivity contribution in [2.24, 2.45) is 5.92 Å². The van der Waals surface area contributed by atoms with E-state index in [0.717, 1.165) is 49.2 Å². The van der Waals surface area contributed by atoms with Gasteiger partial charge >= 0.3 is 0 Å². The third-order valence-electron chi connectivity index (χ3n) is 7.31. The maximum absolute atomic E-state index is 14.0. The van der Waals surface area contributed by atoms with Crippen molar-refractivity contribution in [1.29, 1.82) is 0 Å². The maximum Gasteiger partial charge on any atom is 0.273 e. The van der Waals surface area contributed by atoms with Crippen LogP contribution >= 0.6 is 0 Å². The molecule has 6 rings (SSSR count). The Morgan fingerprint density at radius 3 is 2.36 bits per heavy atom. The quantitative estimate of drug-likeness (QED) is 0.605. The number of amides is 2. The van der Waals surface area contributed by atoms with E-state index in [0.29, 0.717) is 23.7 Å². The normalized spacial score (nSPS) is 22.5. The van der Waals surface area contributed by atoms with Crippen molar-refractivity contribution in [3.63, 3.8) is 0 Å². The van der Waals surface area contributed by atoms with Crippen LogP contribution in [0.1, 0.15) is 63.8 Å². The number of hydrogen-bond acceptors (Lipinski definition) is 3. The van der Waals surface area contributed by atoms with Crippen molar-refractivity contribution >= 4 is 11.8 Å². The molecule has 1 saturated heterocycles. The van der Waals surface area contributed by atoms with E-state index in [4.69, 9.17) is 5.10 Å². The van der Waals surface area contributed by atoms with Gasteiger partial charge in [0.25, 0.3) is 11.8 Å². The fourth-order valence-corrected chi connectivity index (χ4v) is 5.64. The molecule has 33 heavy (non-hydrogen) atoms. The number of fused-ring (bicyclic) bond motifs is 1. The van der Waals surface area contributed by atoms with Gasteiger partial charge in [-0.3, -0.25) is 9.59 Å². The molecule has 1 aliphatic carbocycles. The summed E-state index contributed by atoms with van der Waals surface area (Å²) in [4.78, 5) is 31.1. The topological polar surface area (TPSA) is 58.4 Å². The number of aryl methyl sites for hydroxylation is 1. The molecule has 3 heterocycles. The average molecular weight is 441 g/mol. The van der Waals surface area contributed by atoms with E-state index >= 15 is 0 Å². The first-order valence-electron chi connectivity index (χ1n) is 12.0. The SMILES string of the molecule is Cc1nn(-c2ccccc2)c2c1C(C1CC1)N(C1CCCN(C(=O)c3ccccc3)C1)C2=O. The molecule has 0 spiro atoms. The highest BCUT2D eigenvalue weighted by molar-refractivity contribution is 5.99. The van der Waals surface area contributed by atoms with Gasteiger partial charge in [-0.15, -0.1) is 0 Å². The molecule has 2 fully saturated rings. The summed E-state index contributed by atoms with van der Waals surface area (Å²) in [6.07, 6.45) is 4.12. The number of carbonyl (C=O) groups is 2. The molecule has 0 radical (unpaired) electrons. The number of likely N-dealkylation sites (tertiary alicyclic amines) is 1. The van der Waals surface area contributed by atoms with Crippen LogP contribution < -0.4 is 0 Å². The predicted molar refractivity (Wildman–Crippen MR) is 125 cm³/mol. The second-order valence-corrected chi connectivity index (χ2v) is 9.50. The van der Waals surface area contributed by atoms with Crippen LogP contribution in [0.15, 0.2) is 60.7 Å². The first-order valence-corrected chi connectivity index (χ1v) is 12.0. The van der Waals surface area contributed by atoms with E-state index in [1.54, 1.807) is 0 Å². The first kappa shape index (κ1) is 20.2. The van der Waals surface area contributed by atoms with Crippen molar-refractivity contribution in [2.75, 3.05) is 13.1 Å². The molecule has 3 aromatic rings. The molecule has 2 aliphatic heterocycles. The van der Waals surface area contributed by atoms with Gasteiger partial charge in [-0.05, 0) is 62.8 Å². The van der Waals surface area contributed by atoms with Crippen molar-refractivity contribution in [1.82, 2.24) is 19.6 Å². The Hall–Kier alpha value is -3.41. The van der Waals surface area contributed by atoms with Gasteiger partial charge in [-0.2, -0.15) is 5.10 Å². The number of hydrogen-bond donors (Lipinski definition) is 0. The van der Waals surface area contributed by atoms with Crippen molar-refractivity contribution in [2.45, 2.75) is 44.7 Å².